The Hall–Kier alpha value is -2.95. The third-order valence-corrected chi connectivity index (χ3v) is 5.97. The third kappa shape index (κ3) is 7.35. The minimum atomic E-state index is -3.82. The number of nitrogens with one attached hydrogen (secondary N) is 3. The number of primary sulfonamides is 1. The number of carbonyl (C=O) groups excluding carboxylic acids is 2. The van der Waals surface area contributed by atoms with E-state index < -0.39 is 10.0 Å². The van der Waals surface area contributed by atoms with Crippen molar-refractivity contribution in [3.05, 3.63) is 54.6 Å². The van der Waals surface area contributed by atoms with Crippen LogP contribution in [0.3, 0.4) is 0 Å². The van der Waals surface area contributed by atoms with Gasteiger partial charge in [0.1, 0.15) is 0 Å². The Bertz CT molecular complexity index is 1010. The van der Waals surface area contributed by atoms with Gasteiger partial charge in [0.2, 0.25) is 15.9 Å². The molecule has 1 aliphatic heterocycles. The zero-order valence-corrected chi connectivity index (χ0v) is 17.9. The van der Waals surface area contributed by atoms with Crippen molar-refractivity contribution in [2.45, 2.75) is 30.2 Å². The molecule has 31 heavy (non-hydrogen) atoms. The minimum Gasteiger partial charge on any atom is -0.335 e. The second-order valence-corrected chi connectivity index (χ2v) is 9.01. The monoisotopic (exact) mass is 445 g/mol. The lowest BCUT2D eigenvalue weighted by molar-refractivity contribution is -0.116. The fourth-order valence-electron chi connectivity index (χ4n) is 3.41. The van der Waals surface area contributed by atoms with Crippen molar-refractivity contribution in [2.75, 3.05) is 30.3 Å². The van der Waals surface area contributed by atoms with E-state index in [2.05, 4.69) is 20.9 Å². The Morgan fingerprint density at radius 3 is 2.32 bits per heavy atom. The van der Waals surface area contributed by atoms with Gasteiger partial charge >= 0.3 is 6.03 Å². The topological polar surface area (TPSA) is 134 Å². The molecule has 0 unspecified atom stereocenters. The predicted molar refractivity (Wildman–Crippen MR) is 119 cm³/mol. The molecular weight excluding hydrogens is 418 g/mol. The number of para-hydroxylation sites is 1. The van der Waals surface area contributed by atoms with E-state index in [9.17, 15) is 18.0 Å². The molecule has 2 aromatic rings. The number of amides is 3. The molecule has 1 saturated heterocycles. The first kappa shape index (κ1) is 22.7. The van der Waals surface area contributed by atoms with Gasteiger partial charge in [0.15, 0.2) is 0 Å². The van der Waals surface area contributed by atoms with Gasteiger partial charge in [0.25, 0.3) is 0 Å². The smallest absolute Gasteiger partial charge is 0.319 e. The van der Waals surface area contributed by atoms with Crippen LogP contribution in [0.4, 0.5) is 16.2 Å². The summed E-state index contributed by atoms with van der Waals surface area (Å²) < 4.78 is 22.8. The maximum Gasteiger partial charge on any atom is 0.319 e. The summed E-state index contributed by atoms with van der Waals surface area (Å²) in [6, 6.07) is 15.0. The Balaban J connectivity index is 1.37. The van der Waals surface area contributed by atoms with Crippen LogP contribution in [0.2, 0.25) is 0 Å². The van der Waals surface area contributed by atoms with E-state index in [1.54, 1.807) is 6.07 Å². The summed E-state index contributed by atoms with van der Waals surface area (Å²) in [5, 5.41) is 13.6. The molecule has 0 atom stereocenters. The molecule has 10 heteroatoms. The van der Waals surface area contributed by atoms with Crippen LogP contribution in [0.5, 0.6) is 0 Å². The molecule has 1 fully saturated rings. The fraction of sp³-hybridized carbons (Fsp3) is 0.333. The zero-order valence-electron chi connectivity index (χ0n) is 17.1. The van der Waals surface area contributed by atoms with Crippen molar-refractivity contribution >= 4 is 33.3 Å². The van der Waals surface area contributed by atoms with Crippen LogP contribution in [0.1, 0.15) is 19.3 Å². The van der Waals surface area contributed by atoms with Crippen molar-refractivity contribution in [2.24, 2.45) is 5.14 Å². The highest BCUT2D eigenvalue weighted by molar-refractivity contribution is 7.89. The summed E-state index contributed by atoms with van der Waals surface area (Å²) in [4.78, 5) is 26.4. The van der Waals surface area contributed by atoms with Gasteiger partial charge in [-0.05, 0) is 43.2 Å². The second-order valence-electron chi connectivity index (χ2n) is 7.45. The number of carbonyl (C=O) groups is 2. The van der Waals surface area contributed by atoms with Crippen LogP contribution in [0.15, 0.2) is 59.5 Å². The zero-order chi connectivity index (χ0) is 22.3. The van der Waals surface area contributed by atoms with E-state index in [4.69, 9.17) is 5.14 Å². The number of benzene rings is 2. The molecule has 0 bridgehead atoms. The molecule has 3 rings (SSSR count). The molecule has 0 saturated carbocycles. The highest BCUT2D eigenvalue weighted by atomic mass is 32.2. The van der Waals surface area contributed by atoms with Crippen LogP contribution in [-0.4, -0.2) is 50.9 Å². The molecule has 5 N–H and O–H groups in total. The van der Waals surface area contributed by atoms with Crippen LogP contribution >= 0.6 is 0 Å². The summed E-state index contributed by atoms with van der Waals surface area (Å²) in [6.07, 6.45) is 1.90. The van der Waals surface area contributed by atoms with Gasteiger partial charge in [-0.3, -0.25) is 4.79 Å². The average molecular weight is 446 g/mol. The number of hydrogen-bond donors (Lipinski definition) is 4. The van der Waals surface area contributed by atoms with E-state index in [1.165, 1.54) is 18.2 Å². The van der Waals surface area contributed by atoms with Gasteiger partial charge < -0.3 is 20.9 Å². The van der Waals surface area contributed by atoms with Crippen molar-refractivity contribution in [1.29, 1.82) is 0 Å². The quantitative estimate of drug-likeness (QED) is 0.517. The summed E-state index contributed by atoms with van der Waals surface area (Å²) >= 11 is 0. The van der Waals surface area contributed by atoms with Crippen molar-refractivity contribution in [3.63, 3.8) is 0 Å². The molecule has 0 radical (unpaired) electrons. The predicted octanol–water partition coefficient (Wildman–Crippen LogP) is 1.95. The molecule has 1 aliphatic rings. The number of rotatable bonds is 7. The van der Waals surface area contributed by atoms with E-state index in [0.29, 0.717) is 12.2 Å². The number of likely N-dealkylation sites (tertiary alicyclic amines) is 1. The Morgan fingerprint density at radius 1 is 0.968 bits per heavy atom. The van der Waals surface area contributed by atoms with Gasteiger partial charge in [-0.15, -0.1) is 0 Å². The SMILES string of the molecule is NS(=O)(=O)c1cccc(NC(=O)CCN2CCC(NC(=O)Nc3ccccc3)CC2)c1. The van der Waals surface area contributed by atoms with Gasteiger partial charge in [0.05, 0.1) is 4.90 Å². The molecule has 166 valence electrons. The van der Waals surface area contributed by atoms with E-state index in [0.717, 1.165) is 31.6 Å². The van der Waals surface area contributed by atoms with Gasteiger partial charge in [0, 0.05) is 43.5 Å². The number of urea groups is 1. The van der Waals surface area contributed by atoms with Gasteiger partial charge in [-0.2, -0.15) is 0 Å². The fourth-order valence-corrected chi connectivity index (χ4v) is 3.97. The van der Waals surface area contributed by atoms with Crippen molar-refractivity contribution < 1.29 is 18.0 Å². The lowest BCUT2D eigenvalue weighted by atomic mass is 10.1. The van der Waals surface area contributed by atoms with Gasteiger partial charge in [-0.1, -0.05) is 24.3 Å². The molecule has 9 nitrogen and oxygen atoms in total. The molecule has 1 heterocycles. The summed E-state index contributed by atoms with van der Waals surface area (Å²) in [7, 11) is -3.82. The highest BCUT2D eigenvalue weighted by Gasteiger charge is 2.21. The summed E-state index contributed by atoms with van der Waals surface area (Å²) in [5.41, 5.74) is 1.14. The third-order valence-electron chi connectivity index (χ3n) is 5.06. The van der Waals surface area contributed by atoms with Crippen LogP contribution in [-0.2, 0) is 14.8 Å². The number of sulfonamides is 1. The van der Waals surface area contributed by atoms with Crippen LogP contribution in [0.25, 0.3) is 0 Å². The lowest BCUT2D eigenvalue weighted by Gasteiger charge is -2.32. The molecule has 0 aromatic heterocycles. The molecule has 0 spiro atoms. The number of anilines is 2. The molecule has 3 amide bonds. The summed E-state index contributed by atoms with van der Waals surface area (Å²) in [6.45, 7) is 2.15. The normalized spacial score (nSPS) is 15.3. The van der Waals surface area contributed by atoms with E-state index in [-0.39, 0.29) is 29.3 Å². The first-order valence-electron chi connectivity index (χ1n) is 10.1. The number of nitrogens with zero attached hydrogens (tertiary/aromatic N) is 1. The van der Waals surface area contributed by atoms with Gasteiger partial charge in [-0.25, -0.2) is 18.4 Å². The standard InChI is InChI=1S/C21H27N5O4S/c22-31(29,30)19-8-4-7-18(15-19)23-20(27)11-14-26-12-9-17(10-13-26)25-21(28)24-16-5-2-1-3-6-16/h1-8,15,17H,9-14H2,(H,23,27)(H2,22,29,30)(H2,24,25,28). The van der Waals surface area contributed by atoms with Crippen LogP contribution in [0, 0.1) is 0 Å². The first-order valence-corrected chi connectivity index (χ1v) is 11.6. The number of hydrogen-bond acceptors (Lipinski definition) is 5. The Morgan fingerprint density at radius 2 is 1.65 bits per heavy atom. The minimum absolute atomic E-state index is 0.0452. The molecule has 0 aliphatic carbocycles. The maximum absolute atomic E-state index is 12.2. The molecule has 2 aromatic carbocycles. The van der Waals surface area contributed by atoms with E-state index in [1.807, 2.05) is 30.3 Å². The van der Waals surface area contributed by atoms with E-state index >= 15 is 0 Å². The lowest BCUT2D eigenvalue weighted by Crippen LogP contribution is -2.46. The highest BCUT2D eigenvalue weighted by Crippen LogP contribution is 2.15. The largest absolute Gasteiger partial charge is 0.335 e. The maximum atomic E-state index is 12.2. The number of piperidine rings is 1. The Kier molecular flexibility index (Phi) is 7.61. The summed E-state index contributed by atoms with van der Waals surface area (Å²) in [5.74, 6) is -0.200. The van der Waals surface area contributed by atoms with Crippen molar-refractivity contribution in [1.82, 2.24) is 10.2 Å². The Labute approximate surface area is 182 Å². The number of nitrogens with two attached hydrogens (primary N) is 1. The van der Waals surface area contributed by atoms with Crippen molar-refractivity contribution in [3.8, 4) is 0 Å². The van der Waals surface area contributed by atoms with Crippen LogP contribution < -0.4 is 21.1 Å². The molecular formula is C21H27N5O4S. The second kappa shape index (κ2) is 10.4. The first-order chi connectivity index (χ1) is 14.8. The average Bonchev–Trinajstić information content (AvgIpc) is 2.73.